The van der Waals surface area contributed by atoms with Gasteiger partial charge in [-0.05, 0) is 35.7 Å². The summed E-state index contributed by atoms with van der Waals surface area (Å²) in [6, 6.07) is 10.7. The highest BCUT2D eigenvalue weighted by Crippen LogP contribution is 2.16. The average molecular weight is 218 g/mol. The van der Waals surface area contributed by atoms with Crippen molar-refractivity contribution in [2.24, 2.45) is 0 Å². The van der Waals surface area contributed by atoms with Gasteiger partial charge in [0.05, 0.1) is 5.00 Å². The number of nitrogen functional groups attached to an aromatic ring is 1. The molecule has 0 fully saturated rings. The maximum atomic E-state index is 11.7. The molecule has 0 aliphatic heterocycles. The van der Waals surface area contributed by atoms with E-state index >= 15 is 0 Å². The minimum absolute atomic E-state index is 0.134. The summed E-state index contributed by atoms with van der Waals surface area (Å²) in [5, 5.41) is 5.54. The highest BCUT2D eigenvalue weighted by atomic mass is 32.1. The van der Waals surface area contributed by atoms with Crippen molar-refractivity contribution in [2.75, 3.05) is 11.1 Å². The number of hydrogen-bond donors (Lipinski definition) is 2. The molecule has 2 rings (SSSR count). The Morgan fingerprint density at radius 1 is 1.27 bits per heavy atom. The first kappa shape index (κ1) is 9.73. The molecule has 0 spiro atoms. The van der Waals surface area contributed by atoms with Gasteiger partial charge in [-0.2, -0.15) is 0 Å². The zero-order valence-corrected chi connectivity index (χ0v) is 8.75. The molecule has 0 bridgehead atoms. The lowest BCUT2D eigenvalue weighted by atomic mass is 10.2. The average Bonchev–Trinajstić information content (AvgIpc) is 2.70. The molecule has 4 heteroatoms. The van der Waals surface area contributed by atoms with E-state index in [1.807, 2.05) is 17.5 Å². The van der Waals surface area contributed by atoms with Gasteiger partial charge in [-0.15, -0.1) is 11.3 Å². The first-order valence-electron chi connectivity index (χ1n) is 4.46. The maximum Gasteiger partial charge on any atom is 0.256 e. The van der Waals surface area contributed by atoms with Crippen LogP contribution in [-0.4, -0.2) is 5.91 Å². The van der Waals surface area contributed by atoms with E-state index in [0.29, 0.717) is 11.3 Å². The van der Waals surface area contributed by atoms with Crippen molar-refractivity contribution in [2.45, 2.75) is 0 Å². The van der Waals surface area contributed by atoms with E-state index in [-0.39, 0.29) is 5.91 Å². The zero-order valence-electron chi connectivity index (χ0n) is 7.94. The smallest absolute Gasteiger partial charge is 0.256 e. The summed E-state index contributed by atoms with van der Waals surface area (Å²) in [6.45, 7) is 0. The van der Waals surface area contributed by atoms with Crippen LogP contribution in [0.3, 0.4) is 0 Å². The van der Waals surface area contributed by atoms with E-state index in [4.69, 9.17) is 5.73 Å². The van der Waals surface area contributed by atoms with Crippen LogP contribution in [0.1, 0.15) is 10.4 Å². The van der Waals surface area contributed by atoms with Gasteiger partial charge in [0.1, 0.15) is 0 Å². The number of benzene rings is 1. The minimum atomic E-state index is -0.134. The summed E-state index contributed by atoms with van der Waals surface area (Å²) in [4.78, 5) is 11.7. The van der Waals surface area contributed by atoms with Gasteiger partial charge in [-0.1, -0.05) is 6.07 Å². The van der Waals surface area contributed by atoms with E-state index in [2.05, 4.69) is 5.32 Å². The summed E-state index contributed by atoms with van der Waals surface area (Å²) < 4.78 is 0. The highest BCUT2D eigenvalue weighted by Gasteiger charge is 2.05. The van der Waals surface area contributed by atoms with Gasteiger partial charge in [0.15, 0.2) is 0 Å². The molecular formula is C11H10N2OS. The summed E-state index contributed by atoms with van der Waals surface area (Å²) >= 11 is 1.49. The van der Waals surface area contributed by atoms with Crippen LogP contribution in [0.4, 0.5) is 10.7 Å². The number of carbonyl (C=O) groups excluding carboxylic acids is 1. The fourth-order valence-corrected chi connectivity index (χ4v) is 1.83. The molecule has 0 atom stereocenters. The van der Waals surface area contributed by atoms with Crippen LogP contribution in [0.5, 0.6) is 0 Å². The van der Waals surface area contributed by atoms with Crippen LogP contribution < -0.4 is 11.1 Å². The molecule has 0 saturated heterocycles. The summed E-state index contributed by atoms with van der Waals surface area (Å²) in [7, 11) is 0. The van der Waals surface area contributed by atoms with E-state index in [1.54, 1.807) is 24.3 Å². The quantitative estimate of drug-likeness (QED) is 0.761. The van der Waals surface area contributed by atoms with Crippen molar-refractivity contribution < 1.29 is 4.79 Å². The summed E-state index contributed by atoms with van der Waals surface area (Å²) in [6.07, 6.45) is 0. The number of carbonyl (C=O) groups is 1. The van der Waals surface area contributed by atoms with Crippen molar-refractivity contribution >= 4 is 27.9 Å². The molecule has 1 heterocycles. The molecule has 0 aliphatic rings. The van der Waals surface area contributed by atoms with Gasteiger partial charge in [0.2, 0.25) is 0 Å². The van der Waals surface area contributed by atoms with Gasteiger partial charge in [-0.3, -0.25) is 4.79 Å². The van der Waals surface area contributed by atoms with Crippen molar-refractivity contribution in [1.29, 1.82) is 0 Å². The van der Waals surface area contributed by atoms with Crippen LogP contribution in [0.2, 0.25) is 0 Å². The number of rotatable bonds is 2. The number of hydrogen-bond acceptors (Lipinski definition) is 3. The maximum absolute atomic E-state index is 11.7. The first-order chi connectivity index (χ1) is 7.25. The first-order valence-corrected chi connectivity index (χ1v) is 5.34. The Balaban J connectivity index is 2.15. The Morgan fingerprint density at radius 2 is 2.13 bits per heavy atom. The van der Waals surface area contributed by atoms with Crippen LogP contribution in [0, 0.1) is 0 Å². The second-order valence-corrected chi connectivity index (χ2v) is 4.00. The third-order valence-corrected chi connectivity index (χ3v) is 2.69. The van der Waals surface area contributed by atoms with E-state index in [1.165, 1.54) is 11.3 Å². The second kappa shape index (κ2) is 4.14. The Hall–Kier alpha value is -1.81. The second-order valence-electron chi connectivity index (χ2n) is 3.06. The summed E-state index contributed by atoms with van der Waals surface area (Å²) in [5.74, 6) is -0.134. The fraction of sp³-hybridized carbons (Fsp3) is 0. The molecule has 1 amide bonds. The van der Waals surface area contributed by atoms with E-state index in [9.17, 15) is 4.79 Å². The standard InChI is InChI=1S/C11H10N2OS/c12-9-4-1-3-8(7-9)11(14)13-10-5-2-6-15-10/h1-7H,12H2,(H,13,14). The monoisotopic (exact) mass is 218 g/mol. The lowest BCUT2D eigenvalue weighted by Gasteiger charge is -2.02. The molecule has 3 N–H and O–H groups in total. The molecule has 1 aromatic heterocycles. The normalized spacial score (nSPS) is 9.87. The third-order valence-electron chi connectivity index (χ3n) is 1.91. The Kier molecular flexibility index (Phi) is 2.69. The predicted octanol–water partition coefficient (Wildman–Crippen LogP) is 2.58. The van der Waals surface area contributed by atoms with Crippen molar-refractivity contribution in [3.8, 4) is 0 Å². The van der Waals surface area contributed by atoms with Gasteiger partial charge in [0, 0.05) is 11.3 Å². The third kappa shape index (κ3) is 2.35. The lowest BCUT2D eigenvalue weighted by molar-refractivity contribution is 0.102. The Labute approximate surface area is 91.5 Å². The molecule has 1 aromatic carbocycles. The number of nitrogens with two attached hydrogens (primary N) is 1. The SMILES string of the molecule is Nc1cccc(C(=O)Nc2cccs2)c1. The molecule has 3 nitrogen and oxygen atoms in total. The Morgan fingerprint density at radius 3 is 2.80 bits per heavy atom. The fourth-order valence-electron chi connectivity index (χ4n) is 1.21. The topological polar surface area (TPSA) is 55.1 Å². The van der Waals surface area contributed by atoms with E-state index in [0.717, 1.165) is 5.00 Å². The van der Waals surface area contributed by atoms with Crippen LogP contribution in [-0.2, 0) is 0 Å². The number of thiophene rings is 1. The van der Waals surface area contributed by atoms with E-state index < -0.39 is 0 Å². The molecular weight excluding hydrogens is 208 g/mol. The van der Waals surface area contributed by atoms with Crippen LogP contribution in [0.25, 0.3) is 0 Å². The van der Waals surface area contributed by atoms with Gasteiger partial charge >= 0.3 is 0 Å². The largest absolute Gasteiger partial charge is 0.399 e. The van der Waals surface area contributed by atoms with Crippen molar-refractivity contribution in [3.63, 3.8) is 0 Å². The molecule has 0 aliphatic carbocycles. The zero-order chi connectivity index (χ0) is 10.7. The van der Waals surface area contributed by atoms with Gasteiger partial charge in [0.25, 0.3) is 5.91 Å². The van der Waals surface area contributed by atoms with Gasteiger partial charge < -0.3 is 11.1 Å². The number of anilines is 2. The number of nitrogens with one attached hydrogen (secondary N) is 1. The van der Waals surface area contributed by atoms with Crippen LogP contribution >= 0.6 is 11.3 Å². The molecule has 76 valence electrons. The van der Waals surface area contributed by atoms with Crippen molar-refractivity contribution in [3.05, 3.63) is 47.3 Å². The molecule has 0 saturated carbocycles. The minimum Gasteiger partial charge on any atom is -0.399 e. The number of amides is 1. The van der Waals surface area contributed by atoms with Crippen molar-refractivity contribution in [1.82, 2.24) is 0 Å². The van der Waals surface area contributed by atoms with Gasteiger partial charge in [-0.25, -0.2) is 0 Å². The molecule has 2 aromatic rings. The molecule has 0 radical (unpaired) electrons. The molecule has 15 heavy (non-hydrogen) atoms. The summed E-state index contributed by atoms with van der Waals surface area (Å²) in [5.41, 5.74) is 6.76. The lowest BCUT2D eigenvalue weighted by Crippen LogP contribution is -2.10. The Bertz CT molecular complexity index is 465. The predicted molar refractivity (Wildman–Crippen MR) is 63.1 cm³/mol. The van der Waals surface area contributed by atoms with Crippen LogP contribution in [0.15, 0.2) is 41.8 Å². The molecule has 0 unspecified atom stereocenters. The highest BCUT2D eigenvalue weighted by molar-refractivity contribution is 7.14.